The second-order valence-corrected chi connectivity index (χ2v) is 10.7. The minimum atomic E-state index is -1.55. The van der Waals surface area contributed by atoms with Crippen molar-refractivity contribution in [3.05, 3.63) is 12.7 Å². The lowest BCUT2D eigenvalue weighted by Gasteiger charge is -2.32. The summed E-state index contributed by atoms with van der Waals surface area (Å²) >= 11 is 6.38. The van der Waals surface area contributed by atoms with Crippen LogP contribution in [-0.2, 0) is 0 Å². The molecule has 0 radical (unpaired) electrons. The molecule has 0 aromatic heterocycles. The Morgan fingerprint density at radius 1 is 1.50 bits per heavy atom. The standard InChI is InChI=1S/C8H17ClSi/c1-6-7-10(5,9)8(2,3)4/h6H,1,7H2,2-5H3. The predicted octanol–water partition coefficient (Wildman–Crippen LogP) is 3.79. The maximum absolute atomic E-state index is 6.38. The third kappa shape index (κ3) is 2.47. The van der Waals surface area contributed by atoms with Crippen LogP contribution in [0.1, 0.15) is 20.8 Å². The van der Waals surface area contributed by atoms with E-state index in [-0.39, 0.29) is 5.04 Å². The van der Waals surface area contributed by atoms with Crippen LogP contribution in [0.5, 0.6) is 0 Å². The van der Waals surface area contributed by atoms with Gasteiger partial charge in [0, 0.05) is 0 Å². The molecule has 0 rings (SSSR count). The summed E-state index contributed by atoms with van der Waals surface area (Å²) in [4.78, 5) is 0. The van der Waals surface area contributed by atoms with E-state index in [1.54, 1.807) is 0 Å². The van der Waals surface area contributed by atoms with E-state index in [0.717, 1.165) is 6.04 Å². The number of hydrogen-bond donors (Lipinski definition) is 0. The van der Waals surface area contributed by atoms with E-state index in [1.807, 2.05) is 6.08 Å². The maximum atomic E-state index is 6.38. The van der Waals surface area contributed by atoms with Crippen LogP contribution in [0.4, 0.5) is 0 Å². The summed E-state index contributed by atoms with van der Waals surface area (Å²) in [5.74, 6) is 0. The fraction of sp³-hybridized carbons (Fsp3) is 0.750. The Morgan fingerprint density at radius 3 is 2.00 bits per heavy atom. The quantitative estimate of drug-likeness (QED) is 0.341. The number of halogens is 1. The van der Waals surface area contributed by atoms with Crippen molar-refractivity contribution in [3.63, 3.8) is 0 Å². The highest BCUT2D eigenvalue weighted by Gasteiger charge is 2.36. The lowest BCUT2D eigenvalue weighted by Crippen LogP contribution is -2.33. The Morgan fingerprint density at radius 2 is 1.90 bits per heavy atom. The zero-order valence-electron chi connectivity index (χ0n) is 7.37. The van der Waals surface area contributed by atoms with Gasteiger partial charge in [-0.25, -0.2) is 0 Å². The van der Waals surface area contributed by atoms with E-state index in [1.165, 1.54) is 0 Å². The molecule has 2 heteroatoms. The van der Waals surface area contributed by atoms with Crippen molar-refractivity contribution in [2.45, 2.75) is 38.4 Å². The average Bonchev–Trinajstić information content (AvgIpc) is 1.61. The first-order valence-corrected chi connectivity index (χ1v) is 7.33. The van der Waals surface area contributed by atoms with Gasteiger partial charge in [-0.3, -0.25) is 0 Å². The second kappa shape index (κ2) is 3.10. The summed E-state index contributed by atoms with van der Waals surface area (Å²) in [6, 6.07) is 0.998. The molecule has 0 fully saturated rings. The van der Waals surface area contributed by atoms with Gasteiger partial charge in [-0.1, -0.05) is 33.4 Å². The molecule has 1 unspecified atom stereocenters. The summed E-state index contributed by atoms with van der Waals surface area (Å²) < 4.78 is 0. The normalized spacial score (nSPS) is 18.1. The molecule has 0 saturated carbocycles. The molecular weight excluding hydrogens is 160 g/mol. The third-order valence-electron chi connectivity index (χ3n) is 2.09. The van der Waals surface area contributed by atoms with Crippen molar-refractivity contribution < 1.29 is 0 Å². The zero-order valence-corrected chi connectivity index (χ0v) is 9.13. The molecule has 0 aromatic rings. The molecule has 0 amide bonds. The topological polar surface area (TPSA) is 0 Å². The number of allylic oxidation sites excluding steroid dienone is 1. The van der Waals surface area contributed by atoms with Crippen LogP contribution in [0, 0.1) is 0 Å². The predicted molar refractivity (Wildman–Crippen MR) is 52.2 cm³/mol. The Kier molecular flexibility index (Phi) is 3.17. The minimum absolute atomic E-state index is 0.281. The van der Waals surface area contributed by atoms with Gasteiger partial charge in [-0.15, -0.1) is 6.58 Å². The van der Waals surface area contributed by atoms with E-state index in [4.69, 9.17) is 11.1 Å². The largest absolute Gasteiger partial charge is 0.166 e. The van der Waals surface area contributed by atoms with Crippen molar-refractivity contribution in [3.8, 4) is 0 Å². The molecule has 0 saturated heterocycles. The van der Waals surface area contributed by atoms with Crippen LogP contribution >= 0.6 is 11.1 Å². The van der Waals surface area contributed by atoms with Gasteiger partial charge >= 0.3 is 0 Å². The summed E-state index contributed by atoms with van der Waals surface area (Å²) in [6.45, 7) is 12.5. The van der Waals surface area contributed by atoms with Crippen LogP contribution in [0.2, 0.25) is 17.6 Å². The highest BCUT2D eigenvalue weighted by Crippen LogP contribution is 2.41. The van der Waals surface area contributed by atoms with Gasteiger partial charge in [-0.05, 0) is 11.1 Å². The van der Waals surface area contributed by atoms with E-state index < -0.39 is 7.38 Å². The van der Waals surface area contributed by atoms with Gasteiger partial charge in [0.2, 0.25) is 0 Å². The van der Waals surface area contributed by atoms with Gasteiger partial charge in [0.1, 0.15) is 0 Å². The van der Waals surface area contributed by atoms with Gasteiger partial charge in [0.15, 0.2) is 7.38 Å². The maximum Gasteiger partial charge on any atom is 0.162 e. The van der Waals surface area contributed by atoms with E-state index >= 15 is 0 Å². The van der Waals surface area contributed by atoms with Crippen molar-refractivity contribution in [2.75, 3.05) is 0 Å². The smallest absolute Gasteiger partial charge is 0.162 e. The van der Waals surface area contributed by atoms with E-state index in [0.29, 0.717) is 0 Å². The highest BCUT2D eigenvalue weighted by atomic mass is 35.6. The Balaban J connectivity index is 4.23. The Bertz CT molecular complexity index is 122. The van der Waals surface area contributed by atoms with E-state index in [9.17, 15) is 0 Å². The number of hydrogen-bond acceptors (Lipinski definition) is 0. The lowest BCUT2D eigenvalue weighted by molar-refractivity contribution is 0.731. The monoisotopic (exact) mass is 176 g/mol. The Labute approximate surface area is 70.0 Å². The summed E-state index contributed by atoms with van der Waals surface area (Å²) in [7, 11) is -1.55. The molecule has 0 aliphatic carbocycles. The fourth-order valence-corrected chi connectivity index (χ4v) is 2.06. The second-order valence-electron chi connectivity index (χ2n) is 3.94. The fourth-order valence-electron chi connectivity index (χ4n) is 0.577. The molecule has 10 heavy (non-hydrogen) atoms. The molecule has 0 aliphatic heterocycles. The molecule has 60 valence electrons. The van der Waals surface area contributed by atoms with Crippen LogP contribution in [-0.4, -0.2) is 7.38 Å². The molecule has 0 bridgehead atoms. The SMILES string of the molecule is C=CC[Si](C)(Cl)C(C)(C)C. The summed E-state index contributed by atoms with van der Waals surface area (Å²) in [5.41, 5.74) is 0. The average molecular weight is 177 g/mol. The van der Waals surface area contributed by atoms with Gasteiger partial charge in [0.05, 0.1) is 0 Å². The van der Waals surface area contributed by atoms with Crippen LogP contribution < -0.4 is 0 Å². The molecule has 0 spiro atoms. The summed E-state index contributed by atoms with van der Waals surface area (Å²) in [6.07, 6.45) is 1.93. The first-order chi connectivity index (χ1) is 4.31. The number of rotatable bonds is 2. The first-order valence-electron chi connectivity index (χ1n) is 3.61. The highest BCUT2D eigenvalue weighted by molar-refractivity contribution is 7.21. The van der Waals surface area contributed by atoms with Gasteiger partial charge in [-0.2, -0.15) is 11.1 Å². The third-order valence-corrected chi connectivity index (χ3v) is 8.44. The molecule has 0 aliphatic rings. The molecule has 1 atom stereocenters. The molecular formula is C8H17ClSi. The van der Waals surface area contributed by atoms with E-state index in [2.05, 4.69) is 33.9 Å². The Hall–Kier alpha value is 0.247. The van der Waals surface area contributed by atoms with Crippen molar-refractivity contribution in [1.82, 2.24) is 0 Å². The van der Waals surface area contributed by atoms with Crippen molar-refractivity contribution in [1.29, 1.82) is 0 Å². The molecule has 0 N–H and O–H groups in total. The van der Waals surface area contributed by atoms with Crippen LogP contribution in [0.15, 0.2) is 12.7 Å². The molecule has 0 nitrogen and oxygen atoms in total. The molecule has 0 heterocycles. The van der Waals surface area contributed by atoms with Gasteiger partial charge < -0.3 is 0 Å². The van der Waals surface area contributed by atoms with Crippen molar-refractivity contribution in [2.24, 2.45) is 0 Å². The van der Waals surface area contributed by atoms with Crippen LogP contribution in [0.3, 0.4) is 0 Å². The lowest BCUT2D eigenvalue weighted by atomic mass is 10.2. The van der Waals surface area contributed by atoms with Gasteiger partial charge in [0.25, 0.3) is 0 Å². The van der Waals surface area contributed by atoms with Crippen LogP contribution in [0.25, 0.3) is 0 Å². The summed E-state index contributed by atoms with van der Waals surface area (Å²) in [5, 5.41) is 0.281. The van der Waals surface area contributed by atoms with Crippen molar-refractivity contribution >= 4 is 18.5 Å². The first kappa shape index (κ1) is 10.2. The molecule has 0 aromatic carbocycles. The zero-order chi connectivity index (χ0) is 8.41. The minimum Gasteiger partial charge on any atom is -0.166 e.